The van der Waals surface area contributed by atoms with Crippen LogP contribution in [0.4, 0.5) is 5.69 Å². The van der Waals surface area contributed by atoms with E-state index in [1.807, 2.05) is 19.1 Å². The number of rotatable bonds is 3. The van der Waals surface area contributed by atoms with Crippen LogP contribution in [0.2, 0.25) is 0 Å². The highest BCUT2D eigenvalue weighted by molar-refractivity contribution is 7.92. The SMILES string of the molecule is CCS(=O)(=O)Nc1ccccc1C. The molecule has 13 heavy (non-hydrogen) atoms. The van der Waals surface area contributed by atoms with Crippen molar-refractivity contribution >= 4 is 15.7 Å². The standard InChI is InChI=1S/C9H13NO2S/c1-3-13(11,12)10-9-7-5-4-6-8(9)2/h4-7,10H,3H2,1-2H3. The maximum atomic E-state index is 11.2. The Bertz CT molecular complexity index is 384. The lowest BCUT2D eigenvalue weighted by Gasteiger charge is -2.07. The summed E-state index contributed by atoms with van der Waals surface area (Å²) in [6.45, 7) is 3.48. The first-order valence-electron chi connectivity index (χ1n) is 4.11. The second-order valence-electron chi connectivity index (χ2n) is 2.82. The average molecular weight is 199 g/mol. The number of anilines is 1. The van der Waals surface area contributed by atoms with Gasteiger partial charge in [-0.3, -0.25) is 4.72 Å². The third-order valence-corrected chi connectivity index (χ3v) is 3.08. The van der Waals surface area contributed by atoms with Gasteiger partial charge in [0.1, 0.15) is 0 Å². The summed E-state index contributed by atoms with van der Waals surface area (Å²) in [5.74, 6) is 0.0985. The third-order valence-electron chi connectivity index (χ3n) is 1.79. The lowest BCUT2D eigenvalue weighted by Crippen LogP contribution is -2.15. The quantitative estimate of drug-likeness (QED) is 0.806. The number of nitrogens with one attached hydrogen (secondary N) is 1. The van der Waals surface area contributed by atoms with Gasteiger partial charge in [0.15, 0.2) is 0 Å². The summed E-state index contributed by atoms with van der Waals surface area (Å²) >= 11 is 0. The van der Waals surface area contributed by atoms with E-state index < -0.39 is 10.0 Å². The molecule has 0 amide bonds. The number of hydrogen-bond donors (Lipinski definition) is 1. The Morgan fingerprint density at radius 1 is 1.31 bits per heavy atom. The number of benzene rings is 1. The van der Waals surface area contributed by atoms with E-state index in [1.165, 1.54) is 0 Å². The molecular formula is C9H13NO2S. The lowest BCUT2D eigenvalue weighted by molar-refractivity contribution is 0.602. The van der Waals surface area contributed by atoms with Crippen LogP contribution >= 0.6 is 0 Å². The molecule has 0 fully saturated rings. The van der Waals surface area contributed by atoms with E-state index in [1.54, 1.807) is 19.1 Å². The van der Waals surface area contributed by atoms with Crippen molar-refractivity contribution < 1.29 is 8.42 Å². The van der Waals surface area contributed by atoms with Gasteiger partial charge in [-0.2, -0.15) is 0 Å². The molecule has 1 aromatic rings. The minimum atomic E-state index is -3.15. The molecule has 0 atom stereocenters. The van der Waals surface area contributed by atoms with Gasteiger partial charge in [0.2, 0.25) is 10.0 Å². The summed E-state index contributed by atoms with van der Waals surface area (Å²) in [6.07, 6.45) is 0. The summed E-state index contributed by atoms with van der Waals surface area (Å²) in [5, 5.41) is 0. The fourth-order valence-corrected chi connectivity index (χ4v) is 1.64. The molecule has 1 N–H and O–H groups in total. The van der Waals surface area contributed by atoms with E-state index in [-0.39, 0.29) is 5.75 Å². The molecule has 0 bridgehead atoms. The first kappa shape index (κ1) is 10.1. The highest BCUT2D eigenvalue weighted by atomic mass is 32.2. The van der Waals surface area contributed by atoms with Gasteiger partial charge < -0.3 is 0 Å². The largest absolute Gasteiger partial charge is 0.283 e. The van der Waals surface area contributed by atoms with Crippen molar-refractivity contribution in [1.82, 2.24) is 0 Å². The minimum absolute atomic E-state index is 0.0985. The van der Waals surface area contributed by atoms with Crippen molar-refractivity contribution in [1.29, 1.82) is 0 Å². The van der Waals surface area contributed by atoms with Gasteiger partial charge in [-0.1, -0.05) is 18.2 Å². The van der Waals surface area contributed by atoms with Crippen molar-refractivity contribution in [2.45, 2.75) is 13.8 Å². The van der Waals surface area contributed by atoms with E-state index in [9.17, 15) is 8.42 Å². The summed E-state index contributed by atoms with van der Waals surface area (Å²) in [6, 6.07) is 7.30. The first-order chi connectivity index (χ1) is 6.05. The smallest absolute Gasteiger partial charge is 0.232 e. The highest BCUT2D eigenvalue weighted by Crippen LogP contribution is 2.14. The number of sulfonamides is 1. The van der Waals surface area contributed by atoms with E-state index >= 15 is 0 Å². The molecule has 1 rings (SSSR count). The lowest BCUT2D eigenvalue weighted by atomic mass is 10.2. The molecule has 72 valence electrons. The summed E-state index contributed by atoms with van der Waals surface area (Å²) in [5.41, 5.74) is 1.59. The van der Waals surface area contributed by atoms with E-state index in [4.69, 9.17) is 0 Å². The third kappa shape index (κ3) is 2.73. The molecular weight excluding hydrogens is 186 g/mol. The Balaban J connectivity index is 2.93. The normalized spacial score (nSPS) is 11.2. The van der Waals surface area contributed by atoms with Crippen LogP contribution in [0, 0.1) is 6.92 Å². The molecule has 0 heterocycles. The van der Waals surface area contributed by atoms with Crippen LogP contribution < -0.4 is 4.72 Å². The monoisotopic (exact) mass is 199 g/mol. The van der Waals surface area contributed by atoms with Crippen molar-refractivity contribution in [3.05, 3.63) is 29.8 Å². The van der Waals surface area contributed by atoms with E-state index in [2.05, 4.69) is 4.72 Å². The molecule has 0 spiro atoms. The predicted octanol–water partition coefficient (Wildman–Crippen LogP) is 1.76. The van der Waals surface area contributed by atoms with E-state index in [0.717, 1.165) is 5.56 Å². The molecule has 0 aromatic heterocycles. The topological polar surface area (TPSA) is 46.2 Å². The molecule has 0 aliphatic carbocycles. The molecule has 0 radical (unpaired) electrons. The van der Waals surface area contributed by atoms with Crippen molar-refractivity contribution in [2.24, 2.45) is 0 Å². The van der Waals surface area contributed by atoms with Crippen LogP contribution in [0.5, 0.6) is 0 Å². The fourth-order valence-electron chi connectivity index (χ4n) is 0.927. The predicted molar refractivity (Wildman–Crippen MR) is 54.3 cm³/mol. The molecule has 0 aliphatic rings. The zero-order chi connectivity index (χ0) is 9.90. The molecule has 0 aliphatic heterocycles. The van der Waals surface area contributed by atoms with Gasteiger partial charge in [0, 0.05) is 0 Å². The van der Waals surface area contributed by atoms with Crippen molar-refractivity contribution in [3.8, 4) is 0 Å². The Morgan fingerprint density at radius 2 is 1.92 bits per heavy atom. The van der Waals surface area contributed by atoms with Gasteiger partial charge >= 0.3 is 0 Å². The molecule has 4 heteroatoms. The van der Waals surface area contributed by atoms with Gasteiger partial charge in [0.05, 0.1) is 11.4 Å². The maximum absolute atomic E-state index is 11.2. The average Bonchev–Trinajstić information content (AvgIpc) is 2.09. The van der Waals surface area contributed by atoms with Crippen molar-refractivity contribution in [3.63, 3.8) is 0 Å². The fraction of sp³-hybridized carbons (Fsp3) is 0.333. The van der Waals surface area contributed by atoms with Crippen LogP contribution in [0.3, 0.4) is 0 Å². The number of para-hydroxylation sites is 1. The number of aryl methyl sites for hydroxylation is 1. The van der Waals surface area contributed by atoms with Crippen LogP contribution in [0.15, 0.2) is 24.3 Å². The van der Waals surface area contributed by atoms with E-state index in [0.29, 0.717) is 5.69 Å². The van der Waals surface area contributed by atoms with Crippen molar-refractivity contribution in [2.75, 3.05) is 10.5 Å². The van der Waals surface area contributed by atoms with Crippen LogP contribution in [0.1, 0.15) is 12.5 Å². The minimum Gasteiger partial charge on any atom is -0.283 e. The second kappa shape index (κ2) is 3.79. The molecule has 0 saturated heterocycles. The van der Waals surface area contributed by atoms with Gasteiger partial charge in [-0.05, 0) is 25.5 Å². The zero-order valence-electron chi connectivity index (χ0n) is 7.74. The molecule has 0 saturated carbocycles. The Morgan fingerprint density at radius 3 is 2.46 bits per heavy atom. The van der Waals surface area contributed by atoms with Crippen LogP contribution in [0.25, 0.3) is 0 Å². The van der Waals surface area contributed by atoms with Gasteiger partial charge in [-0.25, -0.2) is 8.42 Å². The Labute approximate surface area is 78.8 Å². The molecule has 3 nitrogen and oxygen atoms in total. The summed E-state index contributed by atoms with van der Waals surface area (Å²) in [4.78, 5) is 0. The van der Waals surface area contributed by atoms with Gasteiger partial charge in [0.25, 0.3) is 0 Å². The second-order valence-corrected chi connectivity index (χ2v) is 4.83. The number of hydrogen-bond acceptors (Lipinski definition) is 2. The maximum Gasteiger partial charge on any atom is 0.232 e. The van der Waals surface area contributed by atoms with Crippen LogP contribution in [-0.4, -0.2) is 14.2 Å². The molecule has 1 aromatic carbocycles. The highest BCUT2D eigenvalue weighted by Gasteiger charge is 2.07. The summed E-state index contributed by atoms with van der Waals surface area (Å²) in [7, 11) is -3.15. The molecule has 0 unspecified atom stereocenters. The Kier molecular flexibility index (Phi) is 2.93. The van der Waals surface area contributed by atoms with Crippen LogP contribution in [-0.2, 0) is 10.0 Å². The zero-order valence-corrected chi connectivity index (χ0v) is 8.56. The first-order valence-corrected chi connectivity index (χ1v) is 5.76. The van der Waals surface area contributed by atoms with Gasteiger partial charge in [-0.15, -0.1) is 0 Å². The Hall–Kier alpha value is -1.03. The summed E-state index contributed by atoms with van der Waals surface area (Å²) < 4.78 is 24.9.